The van der Waals surface area contributed by atoms with Gasteiger partial charge < -0.3 is 24.4 Å². The first-order valence-electron chi connectivity index (χ1n) is 13.7. The van der Waals surface area contributed by atoms with Crippen LogP contribution >= 0.6 is 11.6 Å². The van der Waals surface area contributed by atoms with E-state index in [1.807, 2.05) is 36.1 Å². The van der Waals surface area contributed by atoms with Crippen molar-refractivity contribution >= 4 is 28.9 Å². The molecule has 5 rings (SSSR count). The maximum atomic E-state index is 14.9. The van der Waals surface area contributed by atoms with Gasteiger partial charge in [-0.1, -0.05) is 29.3 Å². The van der Waals surface area contributed by atoms with Crippen molar-refractivity contribution in [3.63, 3.8) is 0 Å². The van der Waals surface area contributed by atoms with Crippen molar-refractivity contribution in [3.8, 4) is 0 Å². The van der Waals surface area contributed by atoms with E-state index in [-0.39, 0.29) is 42.8 Å². The standard InChI is InChI=1S/C28H36ClFN4O5/c1-19-3-5-20(6-4-19)33(26(35)24-16-37-13-14-39-24)21-7-9-22(10-8-21)34-27(36)25(29)23(15-32-34)31-17-28(30)11-2-12-38-18-28/h3-6,15,21-22,24,31H,2,7-14,16-18H2,1H3/t21?,22?,24-,28+/m1/s1. The summed E-state index contributed by atoms with van der Waals surface area (Å²) in [6.07, 6.45) is 4.60. The molecule has 3 fully saturated rings. The zero-order valence-electron chi connectivity index (χ0n) is 22.2. The van der Waals surface area contributed by atoms with E-state index in [9.17, 15) is 14.0 Å². The van der Waals surface area contributed by atoms with Crippen molar-refractivity contribution in [2.24, 2.45) is 0 Å². The molecule has 1 aliphatic carbocycles. The number of nitrogens with one attached hydrogen (secondary N) is 1. The summed E-state index contributed by atoms with van der Waals surface area (Å²) in [6, 6.07) is 7.71. The number of aryl methyl sites for hydroxylation is 1. The normalized spacial score (nSPS) is 27.6. The Kier molecular flexibility index (Phi) is 8.86. The summed E-state index contributed by atoms with van der Waals surface area (Å²) in [5.74, 6) is -0.107. The van der Waals surface area contributed by atoms with Gasteiger partial charge in [0.1, 0.15) is 5.02 Å². The van der Waals surface area contributed by atoms with Gasteiger partial charge in [-0.2, -0.15) is 5.10 Å². The first-order chi connectivity index (χ1) is 18.8. The summed E-state index contributed by atoms with van der Waals surface area (Å²) in [5.41, 5.74) is 0.356. The number of ether oxygens (including phenoxy) is 3. The first kappa shape index (κ1) is 28.0. The number of halogens is 2. The topological polar surface area (TPSA) is 94.9 Å². The van der Waals surface area contributed by atoms with Gasteiger partial charge in [-0.15, -0.1) is 0 Å². The van der Waals surface area contributed by atoms with Gasteiger partial charge in [0.2, 0.25) is 0 Å². The molecule has 0 unspecified atom stereocenters. The SMILES string of the molecule is Cc1ccc(N(C(=O)[C@H]2COCCO2)C2CCC(n3ncc(NC[C@@]4(F)CCCOC4)c(Cl)c3=O)CC2)cc1. The van der Waals surface area contributed by atoms with Crippen molar-refractivity contribution in [3.05, 3.63) is 51.4 Å². The highest BCUT2D eigenvalue weighted by Gasteiger charge is 2.36. The molecule has 3 heterocycles. The van der Waals surface area contributed by atoms with Crippen molar-refractivity contribution < 1.29 is 23.4 Å². The summed E-state index contributed by atoms with van der Waals surface area (Å²) >= 11 is 6.41. The number of alkyl halides is 1. The van der Waals surface area contributed by atoms with E-state index in [0.29, 0.717) is 64.0 Å². The minimum Gasteiger partial charge on any atom is -0.379 e. The summed E-state index contributed by atoms with van der Waals surface area (Å²) in [6.45, 7) is 3.72. The Labute approximate surface area is 232 Å². The van der Waals surface area contributed by atoms with Crippen molar-refractivity contribution in [1.82, 2.24) is 9.78 Å². The Morgan fingerprint density at radius 1 is 1.18 bits per heavy atom. The van der Waals surface area contributed by atoms with Crippen LogP contribution in [0.25, 0.3) is 0 Å². The Balaban J connectivity index is 1.27. The van der Waals surface area contributed by atoms with Gasteiger partial charge in [-0.05, 0) is 57.6 Å². The van der Waals surface area contributed by atoms with Crippen LogP contribution in [0, 0.1) is 6.92 Å². The second kappa shape index (κ2) is 12.3. The number of carbonyl (C=O) groups excluding carboxylic acids is 1. The van der Waals surface area contributed by atoms with Crippen molar-refractivity contribution in [1.29, 1.82) is 0 Å². The van der Waals surface area contributed by atoms with Crippen LogP contribution < -0.4 is 15.8 Å². The molecule has 0 spiro atoms. The molecule has 2 atom stereocenters. The van der Waals surface area contributed by atoms with Crippen molar-refractivity contribution in [2.75, 3.05) is 49.8 Å². The van der Waals surface area contributed by atoms with E-state index in [1.54, 1.807) is 0 Å². The Bertz CT molecular complexity index is 1190. The van der Waals surface area contributed by atoms with Crippen LogP contribution in [0.15, 0.2) is 35.3 Å². The lowest BCUT2D eigenvalue weighted by Crippen LogP contribution is -2.51. The molecular formula is C28H36ClFN4O5. The number of anilines is 2. The summed E-state index contributed by atoms with van der Waals surface area (Å²) < 4.78 is 32.8. The lowest BCUT2D eigenvalue weighted by molar-refractivity contribution is -0.145. The zero-order chi connectivity index (χ0) is 27.4. The highest BCUT2D eigenvalue weighted by molar-refractivity contribution is 6.32. The molecule has 2 saturated heterocycles. The van der Waals surface area contributed by atoms with Gasteiger partial charge in [-0.3, -0.25) is 9.59 Å². The Morgan fingerprint density at radius 2 is 1.95 bits per heavy atom. The minimum absolute atomic E-state index is 0.00152. The summed E-state index contributed by atoms with van der Waals surface area (Å²) in [7, 11) is 0. The predicted molar refractivity (Wildman–Crippen MR) is 146 cm³/mol. The lowest BCUT2D eigenvalue weighted by Gasteiger charge is -2.39. The first-order valence-corrected chi connectivity index (χ1v) is 14.1. The van der Waals surface area contributed by atoms with Gasteiger partial charge in [0, 0.05) is 18.3 Å². The molecule has 1 amide bonds. The number of aromatic nitrogens is 2. The van der Waals surface area contributed by atoms with E-state index < -0.39 is 17.3 Å². The van der Waals surface area contributed by atoms with E-state index in [4.69, 9.17) is 25.8 Å². The molecule has 0 bridgehead atoms. The van der Waals surface area contributed by atoms with Crippen LogP contribution in [0.3, 0.4) is 0 Å². The molecule has 1 saturated carbocycles. The second-order valence-corrected chi connectivity index (χ2v) is 11.1. The molecule has 3 aliphatic rings. The Morgan fingerprint density at radius 3 is 2.62 bits per heavy atom. The molecule has 212 valence electrons. The number of benzene rings is 1. The highest BCUT2D eigenvalue weighted by Crippen LogP contribution is 2.34. The molecular weight excluding hydrogens is 527 g/mol. The fourth-order valence-corrected chi connectivity index (χ4v) is 5.81. The predicted octanol–water partition coefficient (Wildman–Crippen LogP) is 4.07. The van der Waals surface area contributed by atoms with E-state index in [0.717, 1.165) is 11.3 Å². The quantitative estimate of drug-likeness (QED) is 0.543. The van der Waals surface area contributed by atoms with Gasteiger partial charge in [0.15, 0.2) is 11.8 Å². The number of amides is 1. The third-order valence-corrected chi connectivity index (χ3v) is 8.20. The fraction of sp³-hybridized carbons (Fsp3) is 0.607. The lowest BCUT2D eigenvalue weighted by atomic mass is 9.89. The van der Waals surface area contributed by atoms with Crippen LogP contribution in [0.4, 0.5) is 15.8 Å². The second-order valence-electron chi connectivity index (χ2n) is 10.7. The zero-order valence-corrected chi connectivity index (χ0v) is 23.0. The maximum absolute atomic E-state index is 14.9. The largest absolute Gasteiger partial charge is 0.379 e. The van der Waals surface area contributed by atoms with Gasteiger partial charge >= 0.3 is 0 Å². The maximum Gasteiger partial charge on any atom is 0.287 e. The smallest absolute Gasteiger partial charge is 0.287 e. The van der Waals surface area contributed by atoms with Gasteiger partial charge in [-0.25, -0.2) is 9.07 Å². The molecule has 1 aromatic heterocycles. The number of hydrogen-bond acceptors (Lipinski definition) is 7. The molecule has 1 N–H and O–H groups in total. The molecule has 0 radical (unpaired) electrons. The van der Waals surface area contributed by atoms with Gasteiger partial charge in [0.05, 0.1) is 50.9 Å². The van der Waals surface area contributed by atoms with Gasteiger partial charge in [0.25, 0.3) is 11.5 Å². The Hall–Kier alpha value is -2.53. The molecule has 11 heteroatoms. The third kappa shape index (κ3) is 6.45. The molecule has 2 aromatic rings. The minimum atomic E-state index is -1.50. The fourth-order valence-electron chi connectivity index (χ4n) is 5.61. The van der Waals surface area contributed by atoms with Crippen molar-refractivity contribution in [2.45, 2.75) is 69.3 Å². The molecule has 9 nitrogen and oxygen atoms in total. The van der Waals surface area contributed by atoms with Crippen LogP contribution in [0.5, 0.6) is 0 Å². The highest BCUT2D eigenvalue weighted by atomic mass is 35.5. The number of hydrogen-bond donors (Lipinski definition) is 1. The van der Waals surface area contributed by atoms with Crippen LogP contribution in [-0.4, -0.2) is 73.1 Å². The molecule has 1 aromatic carbocycles. The van der Waals surface area contributed by atoms with E-state index in [1.165, 1.54) is 10.9 Å². The number of carbonyl (C=O) groups is 1. The van der Waals surface area contributed by atoms with E-state index in [2.05, 4.69) is 10.4 Å². The number of rotatable bonds is 7. The number of nitrogens with zero attached hydrogens (tertiary/aromatic N) is 3. The van der Waals surface area contributed by atoms with Crippen LogP contribution in [-0.2, 0) is 19.0 Å². The molecule has 39 heavy (non-hydrogen) atoms. The third-order valence-electron chi connectivity index (χ3n) is 7.83. The molecule has 2 aliphatic heterocycles. The van der Waals surface area contributed by atoms with E-state index >= 15 is 0 Å². The average molecular weight is 563 g/mol. The monoisotopic (exact) mass is 562 g/mol. The van der Waals surface area contributed by atoms with Crippen LogP contribution in [0.2, 0.25) is 5.02 Å². The average Bonchev–Trinajstić information content (AvgIpc) is 2.96. The van der Waals surface area contributed by atoms with Crippen LogP contribution in [0.1, 0.15) is 50.1 Å². The summed E-state index contributed by atoms with van der Waals surface area (Å²) in [4.78, 5) is 28.5. The summed E-state index contributed by atoms with van der Waals surface area (Å²) in [5, 5.41) is 7.33.